The monoisotopic (exact) mass is 510 g/mol. The quantitative estimate of drug-likeness (QED) is 0.468. The van der Waals surface area contributed by atoms with E-state index < -0.39 is 0 Å². The smallest absolute Gasteiger partial charge is 0.227 e. The summed E-state index contributed by atoms with van der Waals surface area (Å²) in [6.45, 7) is 1.80. The lowest BCUT2D eigenvalue weighted by Gasteiger charge is -2.40. The fraction of sp³-hybridized carbons (Fsp3) is 0.567. The molecule has 0 saturated heterocycles. The molecule has 1 heterocycles. The molecular weight excluding hydrogens is 468 g/mol. The van der Waals surface area contributed by atoms with Gasteiger partial charge < -0.3 is 28.7 Å². The van der Waals surface area contributed by atoms with Crippen molar-refractivity contribution in [1.82, 2.24) is 9.80 Å². The van der Waals surface area contributed by atoms with E-state index in [1.54, 1.807) is 28.4 Å². The number of carbonyl (C=O) groups excluding carboxylic acids is 1. The fourth-order valence-electron chi connectivity index (χ4n) is 5.95. The Morgan fingerprint density at radius 1 is 0.892 bits per heavy atom. The number of aryl methyl sites for hydroxylation is 1. The van der Waals surface area contributed by atoms with E-state index in [1.165, 1.54) is 17.5 Å². The van der Waals surface area contributed by atoms with Crippen molar-refractivity contribution < 1.29 is 23.7 Å². The lowest BCUT2D eigenvalue weighted by Crippen LogP contribution is -2.48. The Hall–Kier alpha value is -2.93. The summed E-state index contributed by atoms with van der Waals surface area (Å²) >= 11 is 0. The molecule has 1 saturated carbocycles. The maximum atomic E-state index is 13.4. The molecule has 0 N–H and O–H groups in total. The molecule has 1 amide bonds. The highest BCUT2D eigenvalue weighted by Gasteiger charge is 2.33. The van der Waals surface area contributed by atoms with Gasteiger partial charge >= 0.3 is 0 Å². The first-order valence-corrected chi connectivity index (χ1v) is 13.4. The predicted molar refractivity (Wildman–Crippen MR) is 145 cm³/mol. The van der Waals surface area contributed by atoms with Gasteiger partial charge in [-0.3, -0.25) is 4.79 Å². The number of methoxy groups -OCH3 is 4. The zero-order valence-electron chi connectivity index (χ0n) is 23.0. The molecule has 0 aromatic heterocycles. The van der Waals surface area contributed by atoms with E-state index in [9.17, 15) is 4.79 Å². The summed E-state index contributed by atoms with van der Waals surface area (Å²) in [5, 5.41) is 0. The molecule has 2 atom stereocenters. The van der Waals surface area contributed by atoms with E-state index >= 15 is 0 Å². The van der Waals surface area contributed by atoms with Crippen LogP contribution in [-0.4, -0.2) is 76.4 Å². The summed E-state index contributed by atoms with van der Waals surface area (Å²) in [7, 11) is 8.87. The number of nitrogens with zero attached hydrogens (tertiary/aromatic N) is 2. The highest BCUT2D eigenvalue weighted by atomic mass is 16.5. The Balaban J connectivity index is 1.33. The highest BCUT2D eigenvalue weighted by Crippen LogP contribution is 2.34. The minimum Gasteiger partial charge on any atom is -0.493 e. The second-order valence-electron chi connectivity index (χ2n) is 10.2. The maximum absolute atomic E-state index is 13.4. The van der Waals surface area contributed by atoms with Crippen LogP contribution in [-0.2, 0) is 24.1 Å². The van der Waals surface area contributed by atoms with Crippen LogP contribution < -0.4 is 18.9 Å². The summed E-state index contributed by atoms with van der Waals surface area (Å²) in [4.78, 5) is 18.0. The normalized spacial score (nSPS) is 19.8. The first-order valence-electron chi connectivity index (χ1n) is 13.4. The third-order valence-corrected chi connectivity index (χ3v) is 8.10. The van der Waals surface area contributed by atoms with Gasteiger partial charge in [0, 0.05) is 18.6 Å². The molecule has 7 nitrogen and oxygen atoms in total. The molecular formula is C30H42N2O5. The first-order chi connectivity index (χ1) is 18.0. The van der Waals surface area contributed by atoms with E-state index in [0.717, 1.165) is 74.4 Å². The molecule has 1 aliphatic carbocycles. The third-order valence-electron chi connectivity index (χ3n) is 8.10. The summed E-state index contributed by atoms with van der Waals surface area (Å²) in [6.07, 6.45) is 7.84. The van der Waals surface area contributed by atoms with Crippen LogP contribution in [0, 0.1) is 0 Å². The second-order valence-corrected chi connectivity index (χ2v) is 10.2. The van der Waals surface area contributed by atoms with Gasteiger partial charge in [0.15, 0.2) is 23.0 Å². The lowest BCUT2D eigenvalue weighted by atomic mass is 9.88. The van der Waals surface area contributed by atoms with Gasteiger partial charge in [0.2, 0.25) is 5.91 Å². The Bertz CT molecular complexity index is 1070. The molecule has 0 bridgehead atoms. The second kappa shape index (κ2) is 12.5. The number of fused-ring (bicyclic) bond motifs is 1. The largest absolute Gasteiger partial charge is 0.493 e. The molecule has 1 fully saturated rings. The highest BCUT2D eigenvalue weighted by molar-refractivity contribution is 5.80. The van der Waals surface area contributed by atoms with Crippen LogP contribution in [0.1, 0.15) is 48.8 Å². The average molecular weight is 511 g/mol. The Kier molecular flexibility index (Phi) is 9.19. The minimum atomic E-state index is 0.229. The van der Waals surface area contributed by atoms with Gasteiger partial charge in [0.1, 0.15) is 0 Å². The zero-order chi connectivity index (χ0) is 26.4. The molecule has 2 aliphatic rings. The van der Waals surface area contributed by atoms with E-state index in [-0.39, 0.29) is 5.91 Å². The number of hydrogen-bond donors (Lipinski definition) is 0. The topological polar surface area (TPSA) is 60.5 Å². The van der Waals surface area contributed by atoms with Gasteiger partial charge in [-0.05, 0) is 99.5 Å². The minimum absolute atomic E-state index is 0.229. The SMILES string of the molecule is COc1ccc(CCCN(C)C2CCCC(N3CCc4cc(OC)c(OC)cc4CC3=O)C2)cc1OC. The predicted octanol–water partition coefficient (Wildman–Crippen LogP) is 4.52. The van der Waals surface area contributed by atoms with Crippen molar-refractivity contribution in [2.75, 3.05) is 48.6 Å². The number of hydrogen-bond acceptors (Lipinski definition) is 6. The number of rotatable bonds is 10. The molecule has 2 unspecified atom stereocenters. The first kappa shape index (κ1) is 27.1. The van der Waals surface area contributed by atoms with Crippen molar-refractivity contribution in [3.05, 3.63) is 47.0 Å². The van der Waals surface area contributed by atoms with Gasteiger partial charge in [-0.2, -0.15) is 0 Å². The molecule has 1 aliphatic heterocycles. The molecule has 202 valence electrons. The van der Waals surface area contributed by atoms with Crippen molar-refractivity contribution in [3.8, 4) is 23.0 Å². The van der Waals surface area contributed by atoms with E-state index in [1.807, 2.05) is 18.2 Å². The van der Waals surface area contributed by atoms with Crippen molar-refractivity contribution in [1.29, 1.82) is 0 Å². The fourth-order valence-corrected chi connectivity index (χ4v) is 5.95. The van der Waals surface area contributed by atoms with Crippen molar-refractivity contribution in [2.45, 2.75) is 63.5 Å². The number of amides is 1. The maximum Gasteiger partial charge on any atom is 0.227 e. The van der Waals surface area contributed by atoms with E-state index in [4.69, 9.17) is 18.9 Å². The summed E-state index contributed by atoms with van der Waals surface area (Å²) < 4.78 is 21.8. The van der Waals surface area contributed by atoms with Crippen molar-refractivity contribution in [2.24, 2.45) is 0 Å². The van der Waals surface area contributed by atoms with Crippen LogP contribution in [0.4, 0.5) is 0 Å². The Labute approximate surface area is 221 Å². The molecule has 4 rings (SSSR count). The zero-order valence-corrected chi connectivity index (χ0v) is 23.0. The molecule has 0 radical (unpaired) electrons. The van der Waals surface area contributed by atoms with Crippen LogP contribution in [0.5, 0.6) is 23.0 Å². The van der Waals surface area contributed by atoms with E-state index in [2.05, 4.69) is 29.0 Å². The van der Waals surface area contributed by atoms with Gasteiger partial charge in [0.25, 0.3) is 0 Å². The van der Waals surface area contributed by atoms with Crippen LogP contribution in [0.2, 0.25) is 0 Å². The summed E-state index contributed by atoms with van der Waals surface area (Å²) in [5.74, 6) is 3.20. The van der Waals surface area contributed by atoms with Crippen molar-refractivity contribution >= 4 is 5.91 Å². The van der Waals surface area contributed by atoms with Gasteiger partial charge in [-0.1, -0.05) is 6.07 Å². The van der Waals surface area contributed by atoms with Crippen LogP contribution in [0.25, 0.3) is 0 Å². The van der Waals surface area contributed by atoms with Crippen molar-refractivity contribution in [3.63, 3.8) is 0 Å². The molecule has 2 aromatic carbocycles. The Morgan fingerprint density at radius 2 is 1.57 bits per heavy atom. The Morgan fingerprint density at radius 3 is 2.27 bits per heavy atom. The molecule has 2 aromatic rings. The standard InChI is InChI=1S/C30H42N2O5/c1-31(14-7-8-21-11-12-26(34-2)27(16-21)35-3)24-9-6-10-25(20-24)32-15-13-22-17-28(36-4)29(37-5)18-23(22)19-30(32)33/h11-12,16-18,24-25H,6-10,13-15,19-20H2,1-5H3. The lowest BCUT2D eigenvalue weighted by molar-refractivity contribution is -0.133. The van der Waals surface area contributed by atoms with Crippen LogP contribution in [0.15, 0.2) is 30.3 Å². The third kappa shape index (κ3) is 6.32. The van der Waals surface area contributed by atoms with E-state index in [0.29, 0.717) is 24.3 Å². The number of ether oxygens (including phenoxy) is 4. The van der Waals surface area contributed by atoms with Crippen LogP contribution in [0.3, 0.4) is 0 Å². The summed E-state index contributed by atoms with van der Waals surface area (Å²) in [6, 6.07) is 11.0. The molecule has 7 heteroatoms. The number of benzene rings is 2. The van der Waals surface area contributed by atoms with Gasteiger partial charge in [0.05, 0.1) is 34.9 Å². The van der Waals surface area contributed by atoms with Gasteiger partial charge in [-0.15, -0.1) is 0 Å². The number of carbonyl (C=O) groups is 1. The van der Waals surface area contributed by atoms with Gasteiger partial charge in [-0.25, -0.2) is 0 Å². The molecule has 0 spiro atoms. The van der Waals surface area contributed by atoms with Crippen LogP contribution >= 0.6 is 0 Å². The summed E-state index contributed by atoms with van der Waals surface area (Å²) in [5.41, 5.74) is 3.51. The average Bonchev–Trinajstić information content (AvgIpc) is 3.09. The molecule has 37 heavy (non-hydrogen) atoms.